The van der Waals surface area contributed by atoms with Crippen molar-refractivity contribution in [3.05, 3.63) is 35.6 Å². The molecule has 27 heavy (non-hydrogen) atoms. The topological polar surface area (TPSA) is 103 Å². The molecule has 0 bridgehead atoms. The molecular weight excluding hydrogens is 362 g/mol. The van der Waals surface area contributed by atoms with Crippen molar-refractivity contribution in [3.63, 3.8) is 0 Å². The summed E-state index contributed by atoms with van der Waals surface area (Å²) in [4.78, 5) is 0. The number of ether oxygens (including phenoxy) is 1. The lowest BCUT2D eigenvalue weighted by Crippen LogP contribution is -2.33. The van der Waals surface area contributed by atoms with Crippen molar-refractivity contribution in [2.24, 2.45) is 5.92 Å². The number of phenols is 1. The van der Waals surface area contributed by atoms with Crippen molar-refractivity contribution in [3.8, 4) is 11.8 Å². The fourth-order valence-electron chi connectivity index (χ4n) is 2.97. The average Bonchev–Trinajstić information content (AvgIpc) is 3.31. The van der Waals surface area contributed by atoms with Gasteiger partial charge in [0, 0.05) is 6.42 Å². The average molecular weight is 385 g/mol. The van der Waals surface area contributed by atoms with E-state index in [1.165, 1.54) is 5.57 Å². The molecule has 3 N–H and O–H groups in total. The number of phenolic OH excluding ortho intramolecular Hbond substituents is 1. The van der Waals surface area contributed by atoms with Crippen LogP contribution in [0.2, 0.25) is 0 Å². The molecule has 0 saturated heterocycles. The van der Waals surface area contributed by atoms with Gasteiger partial charge in [-0.05, 0) is 30.0 Å². The maximum Gasteiger partial charge on any atom is 0.188 e. The lowest BCUT2D eigenvalue weighted by molar-refractivity contribution is 0.147. The number of para-hydroxylation sites is 1. The van der Waals surface area contributed by atoms with E-state index in [1.807, 2.05) is 12.3 Å². The van der Waals surface area contributed by atoms with Crippen molar-refractivity contribution in [2.45, 2.75) is 45.8 Å². The third kappa shape index (κ3) is 4.14. The molecule has 2 atom stereocenters. The van der Waals surface area contributed by atoms with Crippen LogP contribution in [0, 0.1) is 17.2 Å². The largest absolute Gasteiger partial charge is 0.504 e. The van der Waals surface area contributed by atoms with Gasteiger partial charge in [-0.25, -0.2) is 0 Å². The van der Waals surface area contributed by atoms with E-state index in [2.05, 4.69) is 40.2 Å². The highest BCUT2D eigenvalue weighted by atomic mass is 32.1. The monoisotopic (exact) mass is 385 g/mol. The van der Waals surface area contributed by atoms with Crippen molar-refractivity contribution >= 4 is 29.1 Å². The molecule has 0 aliphatic carbocycles. The van der Waals surface area contributed by atoms with Gasteiger partial charge in [-0.2, -0.15) is 14.0 Å². The fraction of sp³-hybridized carbons (Fsp3) is 0.421. The second-order valence-electron chi connectivity index (χ2n) is 6.79. The maximum atomic E-state index is 10.2. The molecule has 1 aromatic heterocycles. The maximum absolute atomic E-state index is 10.2. The van der Waals surface area contributed by atoms with E-state index in [4.69, 9.17) is 10.00 Å². The number of anilines is 3. The Hall–Kier alpha value is -2.79. The number of hydrogen-bond acceptors (Lipinski definition) is 8. The summed E-state index contributed by atoms with van der Waals surface area (Å²) in [7, 11) is 0. The zero-order chi connectivity index (χ0) is 19.4. The molecule has 0 fully saturated rings. The Bertz CT molecular complexity index is 871. The zero-order valence-electron chi connectivity index (χ0n) is 15.6. The van der Waals surface area contributed by atoms with Crippen LogP contribution < -0.4 is 10.6 Å². The summed E-state index contributed by atoms with van der Waals surface area (Å²) >= 11 is 1.08. The normalized spacial score (nSPS) is 17.1. The molecule has 8 heteroatoms. The highest BCUT2D eigenvalue weighted by molar-refractivity contribution is 6.99. The molecular formula is C19H23N5O2S. The van der Waals surface area contributed by atoms with Crippen LogP contribution in [-0.4, -0.2) is 26.0 Å². The van der Waals surface area contributed by atoms with E-state index in [0.29, 0.717) is 23.2 Å². The van der Waals surface area contributed by atoms with Crippen LogP contribution in [0.15, 0.2) is 30.0 Å². The third-order valence-corrected chi connectivity index (χ3v) is 5.21. The minimum Gasteiger partial charge on any atom is -0.504 e. The number of nitriles is 1. The number of nitrogens with one attached hydrogen (secondary N) is 2. The number of nitrogens with zero attached hydrogens (tertiary/aromatic N) is 3. The molecule has 7 nitrogen and oxygen atoms in total. The summed E-state index contributed by atoms with van der Waals surface area (Å²) in [6, 6.07) is 6.99. The van der Waals surface area contributed by atoms with Crippen LogP contribution in [0.3, 0.4) is 0 Å². The fourth-order valence-corrected chi connectivity index (χ4v) is 3.45. The first-order valence-corrected chi connectivity index (χ1v) is 9.69. The van der Waals surface area contributed by atoms with E-state index < -0.39 is 0 Å². The van der Waals surface area contributed by atoms with Gasteiger partial charge in [-0.15, -0.1) is 0 Å². The summed E-state index contributed by atoms with van der Waals surface area (Å²) in [5, 5.41) is 25.7. The number of hydrogen-bond donors (Lipinski definition) is 3. The predicted molar refractivity (Wildman–Crippen MR) is 106 cm³/mol. The van der Waals surface area contributed by atoms with Gasteiger partial charge in [-0.3, -0.25) is 0 Å². The predicted octanol–water partition coefficient (Wildman–Crippen LogP) is 4.38. The second kappa shape index (κ2) is 8.27. The first-order valence-electron chi connectivity index (χ1n) is 8.96. The summed E-state index contributed by atoms with van der Waals surface area (Å²) in [5.41, 5.74) is 1.93. The first kappa shape index (κ1) is 19.0. The van der Waals surface area contributed by atoms with Crippen molar-refractivity contribution in [2.75, 3.05) is 10.6 Å². The van der Waals surface area contributed by atoms with Crippen LogP contribution in [-0.2, 0) is 4.74 Å². The van der Waals surface area contributed by atoms with Gasteiger partial charge in [-0.1, -0.05) is 26.8 Å². The lowest BCUT2D eigenvalue weighted by atomic mass is 9.96. The molecule has 3 rings (SSSR count). The number of rotatable bonds is 7. The van der Waals surface area contributed by atoms with Crippen molar-refractivity contribution < 1.29 is 9.84 Å². The number of aromatic hydroxyl groups is 1. The van der Waals surface area contributed by atoms with E-state index in [9.17, 15) is 5.11 Å². The molecule has 2 heterocycles. The molecule has 0 amide bonds. The molecule has 0 radical (unpaired) electrons. The summed E-state index contributed by atoms with van der Waals surface area (Å²) < 4.78 is 14.5. The highest BCUT2D eigenvalue weighted by Gasteiger charge is 2.29. The standard InChI is InChI=1S/C19H23N5O2S/c1-4-14(16-8-13(10-26-16)11(2)3)21-18-19(24-27-23-18)22-15-7-5-6-12(9-20)17(15)25/h5-7,10-11,14,16,25H,4,8H2,1-3H3,(H,21,23)(H,22,24)/t14-,16?/m1/s1. The Morgan fingerprint density at radius 1 is 1.37 bits per heavy atom. The Morgan fingerprint density at radius 2 is 2.15 bits per heavy atom. The molecule has 1 aliphatic heterocycles. The Kier molecular flexibility index (Phi) is 5.81. The van der Waals surface area contributed by atoms with Crippen molar-refractivity contribution in [1.82, 2.24) is 8.75 Å². The van der Waals surface area contributed by atoms with Gasteiger partial charge in [0.05, 0.1) is 35.3 Å². The molecule has 142 valence electrons. The Balaban J connectivity index is 1.73. The van der Waals surface area contributed by atoms with E-state index in [-0.39, 0.29) is 23.5 Å². The first-order chi connectivity index (χ1) is 13.0. The second-order valence-corrected chi connectivity index (χ2v) is 7.31. The summed E-state index contributed by atoms with van der Waals surface area (Å²) in [5.74, 6) is 1.49. The number of benzene rings is 1. The van der Waals surface area contributed by atoms with Gasteiger partial charge in [0.25, 0.3) is 0 Å². The molecule has 0 saturated carbocycles. The van der Waals surface area contributed by atoms with Gasteiger partial charge >= 0.3 is 0 Å². The Morgan fingerprint density at radius 3 is 2.81 bits per heavy atom. The molecule has 1 aromatic carbocycles. The summed E-state index contributed by atoms with van der Waals surface area (Å²) in [6.45, 7) is 6.43. The summed E-state index contributed by atoms with van der Waals surface area (Å²) in [6.07, 6.45) is 3.70. The van der Waals surface area contributed by atoms with Gasteiger partial charge < -0.3 is 20.5 Å². The van der Waals surface area contributed by atoms with Crippen LogP contribution in [0.1, 0.15) is 39.2 Å². The molecule has 0 spiro atoms. The zero-order valence-corrected chi connectivity index (χ0v) is 16.4. The third-order valence-electron chi connectivity index (χ3n) is 4.68. The van der Waals surface area contributed by atoms with Crippen LogP contribution in [0.4, 0.5) is 17.3 Å². The van der Waals surface area contributed by atoms with Crippen LogP contribution in [0.25, 0.3) is 0 Å². The minimum atomic E-state index is -0.101. The van der Waals surface area contributed by atoms with E-state index in [1.54, 1.807) is 18.2 Å². The lowest BCUT2D eigenvalue weighted by Gasteiger charge is -2.24. The SMILES string of the molecule is CC[C@@H](Nc1nsnc1Nc1cccc(C#N)c1O)C1CC(C(C)C)=CO1. The van der Waals surface area contributed by atoms with Gasteiger partial charge in [0.1, 0.15) is 12.2 Å². The van der Waals surface area contributed by atoms with Gasteiger partial charge in [0.2, 0.25) is 0 Å². The molecule has 1 aliphatic rings. The minimum absolute atomic E-state index is 0.0530. The Labute approximate surface area is 163 Å². The van der Waals surface area contributed by atoms with Crippen LogP contribution in [0.5, 0.6) is 5.75 Å². The van der Waals surface area contributed by atoms with Crippen molar-refractivity contribution in [1.29, 1.82) is 5.26 Å². The van der Waals surface area contributed by atoms with E-state index in [0.717, 1.165) is 24.6 Å². The van der Waals surface area contributed by atoms with Gasteiger partial charge in [0.15, 0.2) is 17.4 Å². The molecule has 1 unspecified atom stereocenters. The quantitative estimate of drug-likeness (QED) is 0.608. The number of aromatic nitrogens is 2. The highest BCUT2D eigenvalue weighted by Crippen LogP contribution is 2.33. The molecule has 2 aromatic rings. The van der Waals surface area contributed by atoms with E-state index >= 15 is 0 Å². The smallest absolute Gasteiger partial charge is 0.188 e. The van der Waals surface area contributed by atoms with Crippen LogP contribution >= 0.6 is 11.7 Å².